The smallest absolute Gasteiger partial charge is 0.252 e. The Hall–Kier alpha value is -1.47. The number of primary amides is 1. The van der Waals surface area contributed by atoms with Gasteiger partial charge in [0.1, 0.15) is 5.75 Å². The number of nitrogens with two attached hydrogens (primary N) is 1. The third kappa shape index (κ3) is 3.16. The molecule has 0 bridgehead atoms. The molecule has 0 saturated carbocycles. The predicted molar refractivity (Wildman–Crippen MR) is 76.8 cm³/mol. The molecule has 0 aromatic heterocycles. The first-order valence-corrected chi connectivity index (χ1v) is 6.89. The van der Waals surface area contributed by atoms with Gasteiger partial charge in [0.05, 0.1) is 5.56 Å². The van der Waals surface area contributed by atoms with Crippen molar-refractivity contribution in [2.75, 3.05) is 0 Å². The number of hydrogen-bond donors (Lipinski definition) is 1. The quantitative estimate of drug-likeness (QED) is 0.769. The van der Waals surface area contributed by atoms with Gasteiger partial charge >= 0.3 is 0 Å². The Morgan fingerprint density at radius 3 is 2.40 bits per heavy atom. The van der Waals surface area contributed by atoms with Crippen LogP contribution in [0.3, 0.4) is 0 Å². The fourth-order valence-electron chi connectivity index (χ4n) is 1.51. The van der Waals surface area contributed by atoms with Gasteiger partial charge in [0.25, 0.3) is 5.91 Å². The third-order valence-electron chi connectivity index (χ3n) is 2.39. The van der Waals surface area contributed by atoms with Crippen molar-refractivity contribution in [3.05, 3.63) is 56.5 Å². The fourth-order valence-corrected chi connectivity index (χ4v) is 2.28. The van der Waals surface area contributed by atoms with Crippen LogP contribution in [-0.2, 0) is 0 Å². The second-order valence-corrected chi connectivity index (χ2v) is 5.64. The van der Waals surface area contributed by atoms with Gasteiger partial charge in [-0.05, 0) is 30.3 Å². The number of benzene rings is 2. The van der Waals surface area contributed by atoms with Gasteiger partial charge in [-0.3, -0.25) is 4.79 Å². The zero-order chi connectivity index (χ0) is 14.9. The van der Waals surface area contributed by atoms with Gasteiger partial charge in [-0.25, -0.2) is 4.39 Å². The Morgan fingerprint density at radius 2 is 1.75 bits per heavy atom. The van der Waals surface area contributed by atoms with Gasteiger partial charge in [0, 0.05) is 8.95 Å². The molecule has 0 unspecified atom stereocenters. The average Bonchev–Trinajstić information content (AvgIpc) is 2.37. The maximum atomic E-state index is 13.6. The zero-order valence-corrected chi connectivity index (χ0v) is 13.0. The molecule has 2 aromatic carbocycles. The molecular formula is C13H7Br2F2NO2. The Bertz CT molecular complexity index is 692. The summed E-state index contributed by atoms with van der Waals surface area (Å²) in [5.74, 6) is -3.25. The van der Waals surface area contributed by atoms with E-state index in [1.54, 1.807) is 6.07 Å². The Balaban J connectivity index is 2.48. The number of ether oxygens (including phenoxy) is 1. The van der Waals surface area contributed by atoms with Crippen molar-refractivity contribution < 1.29 is 18.3 Å². The number of amides is 1. The molecule has 0 spiro atoms. The predicted octanol–water partition coefficient (Wildman–Crippen LogP) is 4.38. The van der Waals surface area contributed by atoms with E-state index in [0.717, 1.165) is 6.07 Å². The molecule has 0 saturated heterocycles. The van der Waals surface area contributed by atoms with Crippen molar-refractivity contribution in [2.45, 2.75) is 0 Å². The lowest BCUT2D eigenvalue weighted by molar-refractivity contribution is 0.0998. The molecule has 2 rings (SSSR count). The van der Waals surface area contributed by atoms with Crippen LogP contribution in [0, 0.1) is 11.6 Å². The van der Waals surface area contributed by atoms with Crippen LogP contribution in [-0.4, -0.2) is 5.91 Å². The minimum absolute atomic E-state index is 0.0390. The maximum Gasteiger partial charge on any atom is 0.252 e. The molecular weight excluding hydrogens is 400 g/mol. The van der Waals surface area contributed by atoms with Gasteiger partial charge < -0.3 is 10.5 Å². The molecule has 0 aliphatic carbocycles. The van der Waals surface area contributed by atoms with Crippen LogP contribution in [0.25, 0.3) is 0 Å². The highest BCUT2D eigenvalue weighted by Gasteiger charge is 2.16. The van der Waals surface area contributed by atoms with Crippen LogP contribution in [0.15, 0.2) is 39.3 Å². The van der Waals surface area contributed by atoms with Crippen LogP contribution in [0.1, 0.15) is 10.4 Å². The van der Waals surface area contributed by atoms with E-state index in [2.05, 4.69) is 31.9 Å². The number of hydrogen-bond acceptors (Lipinski definition) is 2. The van der Waals surface area contributed by atoms with Crippen LogP contribution < -0.4 is 10.5 Å². The average molecular weight is 407 g/mol. The third-order valence-corrected chi connectivity index (χ3v) is 3.34. The van der Waals surface area contributed by atoms with Crippen molar-refractivity contribution in [3.8, 4) is 11.5 Å². The second-order valence-electron chi connectivity index (χ2n) is 3.81. The van der Waals surface area contributed by atoms with Gasteiger partial charge in [-0.15, -0.1) is 0 Å². The van der Waals surface area contributed by atoms with Crippen molar-refractivity contribution in [2.24, 2.45) is 5.73 Å². The molecule has 0 atom stereocenters. The highest BCUT2D eigenvalue weighted by Crippen LogP contribution is 2.32. The lowest BCUT2D eigenvalue weighted by Crippen LogP contribution is -2.12. The molecule has 0 radical (unpaired) electrons. The molecule has 2 aromatic rings. The summed E-state index contributed by atoms with van der Waals surface area (Å²) < 4.78 is 33.1. The van der Waals surface area contributed by atoms with E-state index in [1.807, 2.05) is 0 Å². The molecule has 2 N–H and O–H groups in total. The molecule has 0 aliphatic rings. The van der Waals surface area contributed by atoms with Crippen molar-refractivity contribution in [1.82, 2.24) is 0 Å². The summed E-state index contributed by atoms with van der Waals surface area (Å²) >= 11 is 6.22. The van der Waals surface area contributed by atoms with Crippen molar-refractivity contribution >= 4 is 37.8 Å². The Kier molecular flexibility index (Phi) is 4.39. The molecule has 104 valence electrons. The van der Waals surface area contributed by atoms with Crippen molar-refractivity contribution in [3.63, 3.8) is 0 Å². The Morgan fingerprint density at radius 1 is 1.05 bits per heavy atom. The van der Waals surface area contributed by atoms with Gasteiger partial charge in [0.15, 0.2) is 11.6 Å². The summed E-state index contributed by atoms with van der Waals surface area (Å²) in [5.41, 5.74) is 5.27. The van der Waals surface area contributed by atoms with E-state index >= 15 is 0 Å². The topological polar surface area (TPSA) is 52.3 Å². The lowest BCUT2D eigenvalue weighted by Gasteiger charge is -2.11. The normalized spacial score (nSPS) is 10.4. The molecule has 0 heterocycles. The first kappa shape index (κ1) is 14.9. The summed E-state index contributed by atoms with van der Waals surface area (Å²) in [6, 6.07) is 6.68. The summed E-state index contributed by atoms with van der Waals surface area (Å²) in [7, 11) is 0. The summed E-state index contributed by atoms with van der Waals surface area (Å²) in [6.07, 6.45) is 0. The molecule has 0 fully saturated rings. The van der Waals surface area contributed by atoms with Gasteiger partial charge in [-0.1, -0.05) is 31.9 Å². The van der Waals surface area contributed by atoms with Crippen LogP contribution >= 0.6 is 31.9 Å². The molecule has 0 aliphatic heterocycles. The van der Waals surface area contributed by atoms with E-state index in [0.29, 0.717) is 8.95 Å². The molecule has 7 heteroatoms. The van der Waals surface area contributed by atoms with E-state index in [9.17, 15) is 13.6 Å². The fraction of sp³-hybridized carbons (Fsp3) is 0. The highest BCUT2D eigenvalue weighted by atomic mass is 79.9. The SMILES string of the molecule is NC(=O)c1cc(Br)ccc1Oc1cc(Br)cc(F)c1F. The number of halogens is 4. The largest absolute Gasteiger partial charge is 0.453 e. The van der Waals surface area contributed by atoms with E-state index in [4.69, 9.17) is 10.5 Å². The van der Waals surface area contributed by atoms with Crippen LogP contribution in [0.2, 0.25) is 0 Å². The minimum Gasteiger partial charge on any atom is -0.453 e. The monoisotopic (exact) mass is 405 g/mol. The van der Waals surface area contributed by atoms with Gasteiger partial charge in [0.2, 0.25) is 5.82 Å². The molecule has 1 amide bonds. The van der Waals surface area contributed by atoms with E-state index in [1.165, 1.54) is 18.2 Å². The van der Waals surface area contributed by atoms with Crippen LogP contribution in [0.5, 0.6) is 11.5 Å². The van der Waals surface area contributed by atoms with E-state index < -0.39 is 17.5 Å². The summed E-state index contributed by atoms with van der Waals surface area (Å²) in [6.45, 7) is 0. The molecule has 20 heavy (non-hydrogen) atoms. The van der Waals surface area contributed by atoms with Crippen LogP contribution in [0.4, 0.5) is 8.78 Å². The standard InChI is InChI=1S/C13H7Br2F2NO2/c14-6-1-2-10(8(3-6)13(18)19)20-11-5-7(15)4-9(16)12(11)17/h1-5H,(H2,18,19). The minimum atomic E-state index is -1.15. The van der Waals surface area contributed by atoms with Crippen molar-refractivity contribution in [1.29, 1.82) is 0 Å². The second kappa shape index (κ2) is 5.88. The zero-order valence-electron chi connectivity index (χ0n) is 9.79. The summed E-state index contributed by atoms with van der Waals surface area (Å²) in [4.78, 5) is 11.3. The maximum absolute atomic E-state index is 13.6. The molecule has 3 nitrogen and oxygen atoms in total. The highest BCUT2D eigenvalue weighted by molar-refractivity contribution is 9.10. The Labute approximate surface area is 130 Å². The number of rotatable bonds is 3. The first-order chi connectivity index (χ1) is 9.38. The number of carbonyl (C=O) groups excluding carboxylic acids is 1. The lowest BCUT2D eigenvalue weighted by atomic mass is 10.2. The first-order valence-electron chi connectivity index (χ1n) is 5.30. The van der Waals surface area contributed by atoms with Gasteiger partial charge in [-0.2, -0.15) is 4.39 Å². The summed E-state index contributed by atoms with van der Waals surface area (Å²) in [5, 5.41) is 0. The van der Waals surface area contributed by atoms with E-state index in [-0.39, 0.29) is 17.1 Å². The number of carbonyl (C=O) groups is 1.